The molecule has 0 aliphatic heterocycles. The van der Waals surface area contributed by atoms with Crippen LogP contribution in [0.5, 0.6) is 0 Å². The lowest BCUT2D eigenvalue weighted by atomic mass is 10.1. The fraction of sp³-hybridized carbons (Fsp3) is 0.200. The van der Waals surface area contributed by atoms with Crippen LogP contribution in [0.3, 0.4) is 0 Å². The molecule has 104 valence electrons. The number of nitrogens with zero attached hydrogens (tertiary/aromatic N) is 3. The van der Waals surface area contributed by atoms with Crippen molar-refractivity contribution in [1.29, 1.82) is 0 Å². The Bertz CT molecular complexity index is 685. The van der Waals surface area contributed by atoms with Gasteiger partial charge >= 0.3 is 0 Å². The molecule has 0 amide bonds. The van der Waals surface area contributed by atoms with Crippen LogP contribution >= 0.6 is 0 Å². The molecule has 2 aromatic heterocycles. The predicted octanol–water partition coefficient (Wildman–Crippen LogP) is 2.51. The van der Waals surface area contributed by atoms with Gasteiger partial charge in [0.05, 0.1) is 0 Å². The summed E-state index contributed by atoms with van der Waals surface area (Å²) in [5.74, 6) is 1.20. The lowest BCUT2D eigenvalue weighted by molar-refractivity contribution is 0.829. The van der Waals surface area contributed by atoms with E-state index < -0.39 is 0 Å². The van der Waals surface area contributed by atoms with Crippen LogP contribution in [0.1, 0.15) is 25.2 Å². The highest BCUT2D eigenvalue weighted by atomic mass is 15.3. The average molecular weight is 269 g/mol. The van der Waals surface area contributed by atoms with Crippen LogP contribution in [0.15, 0.2) is 42.6 Å². The fourth-order valence-electron chi connectivity index (χ4n) is 1.90. The Morgan fingerprint density at radius 1 is 1.05 bits per heavy atom. The average Bonchev–Trinajstić information content (AvgIpc) is 2.93. The molecular formula is C15H19N5. The molecule has 1 aromatic carbocycles. The zero-order valence-corrected chi connectivity index (χ0v) is 11.7. The Labute approximate surface area is 118 Å². The van der Waals surface area contributed by atoms with E-state index in [1.165, 1.54) is 0 Å². The monoisotopic (exact) mass is 269 g/mol. The van der Waals surface area contributed by atoms with E-state index in [0.717, 1.165) is 16.8 Å². The highest BCUT2D eigenvalue weighted by Gasteiger charge is 2.05. The van der Waals surface area contributed by atoms with E-state index in [0.29, 0.717) is 18.1 Å². The van der Waals surface area contributed by atoms with Gasteiger partial charge < -0.3 is 11.5 Å². The Morgan fingerprint density at radius 3 is 2.45 bits per heavy atom. The Kier molecular flexibility index (Phi) is 4.20. The standard InChI is InChI=1S/C13H13N5.C2H6/c14-10-5-3-9(4-6-10)8-12-16-13(15)11-2-1-7-18(11)17-12;1-2/h1-7H,8,14H2,(H2,15,16,17);1-2H3. The number of anilines is 2. The van der Waals surface area contributed by atoms with Gasteiger partial charge in [-0.3, -0.25) is 0 Å². The molecule has 0 saturated carbocycles. The van der Waals surface area contributed by atoms with Crippen LogP contribution in [0.4, 0.5) is 11.5 Å². The lowest BCUT2D eigenvalue weighted by Gasteiger charge is -2.04. The molecule has 20 heavy (non-hydrogen) atoms. The Hall–Kier alpha value is -2.56. The second kappa shape index (κ2) is 6.06. The van der Waals surface area contributed by atoms with Gasteiger partial charge in [0, 0.05) is 18.3 Å². The topological polar surface area (TPSA) is 82.2 Å². The van der Waals surface area contributed by atoms with Crippen molar-refractivity contribution in [2.75, 3.05) is 11.5 Å². The van der Waals surface area contributed by atoms with Crippen molar-refractivity contribution >= 4 is 17.0 Å². The maximum Gasteiger partial charge on any atom is 0.156 e. The molecule has 5 nitrogen and oxygen atoms in total. The lowest BCUT2D eigenvalue weighted by Crippen LogP contribution is -2.06. The number of aromatic nitrogens is 3. The van der Waals surface area contributed by atoms with Crippen LogP contribution in [0, 0.1) is 0 Å². The fourth-order valence-corrected chi connectivity index (χ4v) is 1.90. The molecule has 0 atom stereocenters. The van der Waals surface area contributed by atoms with Crippen molar-refractivity contribution in [3.8, 4) is 0 Å². The zero-order valence-electron chi connectivity index (χ0n) is 11.7. The summed E-state index contributed by atoms with van der Waals surface area (Å²) in [4.78, 5) is 4.31. The van der Waals surface area contributed by atoms with Gasteiger partial charge in [0.1, 0.15) is 5.52 Å². The summed E-state index contributed by atoms with van der Waals surface area (Å²) in [5, 5.41) is 4.41. The summed E-state index contributed by atoms with van der Waals surface area (Å²) >= 11 is 0. The molecule has 0 aliphatic carbocycles. The molecule has 0 aliphatic rings. The van der Waals surface area contributed by atoms with E-state index in [-0.39, 0.29) is 0 Å². The summed E-state index contributed by atoms with van der Waals surface area (Å²) in [5.41, 5.74) is 14.2. The van der Waals surface area contributed by atoms with Gasteiger partial charge in [-0.1, -0.05) is 26.0 Å². The first-order valence-corrected chi connectivity index (χ1v) is 6.66. The molecule has 2 heterocycles. The third kappa shape index (κ3) is 2.88. The maximum absolute atomic E-state index is 5.89. The van der Waals surface area contributed by atoms with Crippen LogP contribution in [0.2, 0.25) is 0 Å². The quantitative estimate of drug-likeness (QED) is 0.700. The van der Waals surface area contributed by atoms with Gasteiger partial charge in [-0.2, -0.15) is 5.10 Å². The van der Waals surface area contributed by atoms with E-state index in [4.69, 9.17) is 11.5 Å². The van der Waals surface area contributed by atoms with Crippen molar-refractivity contribution in [3.05, 3.63) is 54.0 Å². The molecule has 3 aromatic rings. The molecule has 4 N–H and O–H groups in total. The maximum atomic E-state index is 5.89. The van der Waals surface area contributed by atoms with E-state index in [9.17, 15) is 0 Å². The van der Waals surface area contributed by atoms with Gasteiger partial charge in [-0.05, 0) is 29.8 Å². The van der Waals surface area contributed by atoms with Crippen molar-refractivity contribution in [3.63, 3.8) is 0 Å². The van der Waals surface area contributed by atoms with Crippen LogP contribution in [-0.4, -0.2) is 14.6 Å². The van der Waals surface area contributed by atoms with Crippen molar-refractivity contribution in [2.24, 2.45) is 0 Å². The SMILES string of the molecule is CC.Nc1ccc(Cc2nc(N)c3cccn3n2)cc1. The van der Waals surface area contributed by atoms with Crippen LogP contribution in [0.25, 0.3) is 5.52 Å². The first-order valence-electron chi connectivity index (χ1n) is 6.66. The van der Waals surface area contributed by atoms with Gasteiger partial charge in [0.15, 0.2) is 11.6 Å². The van der Waals surface area contributed by atoms with Crippen molar-refractivity contribution < 1.29 is 0 Å². The molecule has 5 heteroatoms. The largest absolute Gasteiger partial charge is 0.399 e. The van der Waals surface area contributed by atoms with Gasteiger partial charge in [-0.25, -0.2) is 9.50 Å². The minimum Gasteiger partial charge on any atom is -0.399 e. The highest BCUT2D eigenvalue weighted by Crippen LogP contribution is 2.13. The van der Waals surface area contributed by atoms with Crippen molar-refractivity contribution in [2.45, 2.75) is 20.3 Å². The second-order valence-electron chi connectivity index (χ2n) is 4.17. The number of benzene rings is 1. The first-order chi connectivity index (χ1) is 9.72. The minimum atomic E-state index is 0.500. The summed E-state index contributed by atoms with van der Waals surface area (Å²) < 4.78 is 1.75. The molecular weight excluding hydrogens is 250 g/mol. The predicted molar refractivity (Wildman–Crippen MR) is 82.4 cm³/mol. The summed E-state index contributed by atoms with van der Waals surface area (Å²) in [7, 11) is 0. The van der Waals surface area contributed by atoms with Crippen molar-refractivity contribution in [1.82, 2.24) is 14.6 Å². The van der Waals surface area contributed by atoms with E-state index in [2.05, 4.69) is 10.1 Å². The number of hydrogen-bond acceptors (Lipinski definition) is 4. The van der Waals surface area contributed by atoms with Gasteiger partial charge in [-0.15, -0.1) is 0 Å². The molecule has 0 spiro atoms. The zero-order chi connectivity index (χ0) is 14.5. The normalized spacial score (nSPS) is 10.1. The third-order valence-corrected chi connectivity index (χ3v) is 2.81. The second-order valence-corrected chi connectivity index (χ2v) is 4.17. The van der Waals surface area contributed by atoms with Crippen LogP contribution in [-0.2, 0) is 6.42 Å². The smallest absolute Gasteiger partial charge is 0.156 e. The van der Waals surface area contributed by atoms with Gasteiger partial charge in [0.2, 0.25) is 0 Å². The number of fused-ring (bicyclic) bond motifs is 1. The van der Waals surface area contributed by atoms with E-state index >= 15 is 0 Å². The molecule has 3 rings (SSSR count). The Morgan fingerprint density at radius 2 is 1.75 bits per heavy atom. The minimum absolute atomic E-state index is 0.500. The third-order valence-electron chi connectivity index (χ3n) is 2.81. The van der Waals surface area contributed by atoms with Gasteiger partial charge in [0.25, 0.3) is 0 Å². The number of nitrogen functional groups attached to an aromatic ring is 2. The molecule has 0 unspecified atom stereocenters. The number of nitrogens with two attached hydrogens (primary N) is 2. The first kappa shape index (κ1) is 13.9. The highest BCUT2D eigenvalue weighted by molar-refractivity contribution is 5.64. The van der Waals surface area contributed by atoms with Crippen LogP contribution < -0.4 is 11.5 Å². The molecule has 0 radical (unpaired) electrons. The molecule has 0 bridgehead atoms. The summed E-state index contributed by atoms with van der Waals surface area (Å²) in [6.45, 7) is 4.00. The number of rotatable bonds is 2. The summed E-state index contributed by atoms with van der Waals surface area (Å²) in [6.07, 6.45) is 2.50. The number of hydrogen-bond donors (Lipinski definition) is 2. The van der Waals surface area contributed by atoms with E-state index in [1.807, 2.05) is 56.4 Å². The molecule has 0 fully saturated rings. The van der Waals surface area contributed by atoms with E-state index in [1.54, 1.807) is 4.52 Å². The Balaban J connectivity index is 0.000000704. The summed E-state index contributed by atoms with van der Waals surface area (Å²) in [6, 6.07) is 11.5. The molecule has 0 saturated heterocycles.